The van der Waals surface area contributed by atoms with Gasteiger partial charge in [-0.25, -0.2) is 4.79 Å². The van der Waals surface area contributed by atoms with Crippen molar-refractivity contribution in [3.05, 3.63) is 35.4 Å². The number of nitrogens with zero attached hydrogens (tertiary/aromatic N) is 2. The van der Waals surface area contributed by atoms with E-state index in [4.69, 9.17) is 4.74 Å². The summed E-state index contributed by atoms with van der Waals surface area (Å²) in [5.41, 5.74) is 2.03. The molecular formula is C30H44BF3N4O6. The molecule has 1 aromatic carbocycles. The molecule has 4 rings (SSSR count). The SMILES string of the molecule is O=C1N[C@H](B(O)O)CCCCCCCCC[C@H](NCCCC(F)(F)F)C(=O)N2C[C@H](OC(=O)N3Cc4ccccc4C3)C[C@@H]12. The Morgan fingerprint density at radius 2 is 1.61 bits per heavy atom. The highest BCUT2D eigenvalue weighted by atomic mass is 19.4. The lowest BCUT2D eigenvalue weighted by Crippen LogP contribution is -2.56. The summed E-state index contributed by atoms with van der Waals surface area (Å²) in [7, 11) is -1.79. The van der Waals surface area contributed by atoms with Gasteiger partial charge in [0.05, 0.1) is 18.5 Å². The van der Waals surface area contributed by atoms with Crippen molar-refractivity contribution < 1.29 is 42.3 Å². The van der Waals surface area contributed by atoms with Gasteiger partial charge in [-0.15, -0.1) is 0 Å². The van der Waals surface area contributed by atoms with E-state index in [0.717, 1.165) is 43.2 Å². The molecule has 0 aromatic heterocycles. The Bertz CT molecular complexity index is 1100. The summed E-state index contributed by atoms with van der Waals surface area (Å²) in [6, 6.07) is 5.80. The second kappa shape index (κ2) is 15.9. The molecule has 3 heterocycles. The summed E-state index contributed by atoms with van der Waals surface area (Å²) >= 11 is 0. The number of carbonyl (C=O) groups is 3. The van der Waals surface area contributed by atoms with Crippen molar-refractivity contribution in [2.75, 3.05) is 13.1 Å². The molecule has 3 amide bonds. The molecule has 2 saturated heterocycles. The zero-order valence-corrected chi connectivity index (χ0v) is 25.1. The third-order valence-corrected chi connectivity index (χ3v) is 8.74. The van der Waals surface area contributed by atoms with Crippen LogP contribution in [0, 0.1) is 0 Å². The average molecular weight is 625 g/mol. The molecule has 4 atom stereocenters. The first-order valence-electron chi connectivity index (χ1n) is 15.8. The molecule has 0 bridgehead atoms. The third kappa shape index (κ3) is 9.83. The fourth-order valence-corrected chi connectivity index (χ4v) is 6.30. The van der Waals surface area contributed by atoms with E-state index >= 15 is 0 Å². The first-order chi connectivity index (χ1) is 21.0. The van der Waals surface area contributed by atoms with Crippen LogP contribution in [0.15, 0.2) is 24.3 Å². The second-order valence-corrected chi connectivity index (χ2v) is 12.2. The van der Waals surface area contributed by atoms with Crippen LogP contribution in [0.1, 0.15) is 88.2 Å². The molecule has 0 unspecified atom stereocenters. The minimum atomic E-state index is -4.30. The Labute approximate surface area is 256 Å². The molecular weight excluding hydrogens is 580 g/mol. The molecule has 2 fully saturated rings. The largest absolute Gasteiger partial charge is 0.475 e. The number of hydrogen-bond donors (Lipinski definition) is 4. The molecule has 1 aromatic rings. The van der Waals surface area contributed by atoms with Crippen LogP contribution >= 0.6 is 0 Å². The van der Waals surface area contributed by atoms with Gasteiger partial charge in [-0.1, -0.05) is 69.2 Å². The summed E-state index contributed by atoms with van der Waals surface area (Å²) in [6.07, 6.45) is -0.0865. The zero-order chi connectivity index (χ0) is 31.7. The van der Waals surface area contributed by atoms with Crippen molar-refractivity contribution in [2.24, 2.45) is 0 Å². The lowest BCUT2D eigenvalue weighted by atomic mass is 9.76. The van der Waals surface area contributed by atoms with Crippen molar-refractivity contribution >= 4 is 25.0 Å². The third-order valence-electron chi connectivity index (χ3n) is 8.74. The van der Waals surface area contributed by atoms with E-state index < -0.39 is 61.8 Å². The van der Waals surface area contributed by atoms with Crippen molar-refractivity contribution in [2.45, 2.75) is 120 Å². The molecule has 0 aliphatic carbocycles. The molecule has 14 heteroatoms. The lowest BCUT2D eigenvalue weighted by molar-refractivity contribution is -0.140. The number of amides is 3. The normalized spacial score (nSPS) is 25.8. The van der Waals surface area contributed by atoms with Crippen molar-refractivity contribution in [3.8, 4) is 0 Å². The van der Waals surface area contributed by atoms with Gasteiger partial charge in [0.25, 0.3) is 0 Å². The van der Waals surface area contributed by atoms with Crippen LogP contribution in [-0.4, -0.2) is 88.3 Å². The van der Waals surface area contributed by atoms with E-state index in [1.807, 2.05) is 24.3 Å². The molecule has 0 saturated carbocycles. The maximum Gasteiger partial charge on any atom is 0.475 e. The van der Waals surface area contributed by atoms with E-state index in [1.165, 1.54) is 4.90 Å². The minimum absolute atomic E-state index is 0.0130. The monoisotopic (exact) mass is 624 g/mol. The first kappa shape index (κ1) is 34.0. The predicted octanol–water partition coefficient (Wildman–Crippen LogP) is 3.43. The number of nitrogens with one attached hydrogen (secondary N) is 2. The van der Waals surface area contributed by atoms with Gasteiger partial charge < -0.3 is 30.3 Å². The van der Waals surface area contributed by atoms with Gasteiger partial charge in [-0.3, -0.25) is 14.5 Å². The van der Waals surface area contributed by atoms with Gasteiger partial charge in [0, 0.05) is 25.9 Å². The Morgan fingerprint density at radius 3 is 2.23 bits per heavy atom. The first-order valence-corrected chi connectivity index (χ1v) is 15.8. The van der Waals surface area contributed by atoms with Crippen LogP contribution in [0.2, 0.25) is 0 Å². The van der Waals surface area contributed by atoms with E-state index in [1.54, 1.807) is 4.90 Å². The fourth-order valence-electron chi connectivity index (χ4n) is 6.30. The van der Waals surface area contributed by atoms with Gasteiger partial charge in [-0.05, 0) is 36.9 Å². The minimum Gasteiger partial charge on any atom is -0.444 e. The number of rotatable bonds is 6. The predicted molar refractivity (Wildman–Crippen MR) is 157 cm³/mol. The van der Waals surface area contributed by atoms with Crippen LogP contribution in [-0.2, 0) is 27.4 Å². The maximum absolute atomic E-state index is 13.9. The summed E-state index contributed by atoms with van der Waals surface area (Å²) < 4.78 is 44.0. The Morgan fingerprint density at radius 1 is 1.00 bits per heavy atom. The number of carbonyl (C=O) groups excluding carboxylic acids is 3. The highest BCUT2D eigenvalue weighted by Gasteiger charge is 2.44. The number of alkyl halides is 3. The van der Waals surface area contributed by atoms with Gasteiger partial charge in [0.15, 0.2) is 0 Å². The summed E-state index contributed by atoms with van der Waals surface area (Å²) in [4.78, 5) is 43.4. The number of benzene rings is 1. The molecule has 244 valence electrons. The molecule has 4 N–H and O–H groups in total. The number of hydrogen-bond acceptors (Lipinski definition) is 7. The lowest BCUT2D eigenvalue weighted by Gasteiger charge is -2.30. The van der Waals surface area contributed by atoms with Crippen molar-refractivity contribution in [1.82, 2.24) is 20.4 Å². The molecule has 10 nitrogen and oxygen atoms in total. The van der Waals surface area contributed by atoms with E-state index in [0.29, 0.717) is 38.8 Å². The van der Waals surface area contributed by atoms with E-state index in [-0.39, 0.29) is 25.9 Å². The smallest absolute Gasteiger partial charge is 0.444 e. The molecule has 3 aliphatic heterocycles. The van der Waals surface area contributed by atoms with Gasteiger partial charge >= 0.3 is 19.4 Å². The Kier molecular flexibility index (Phi) is 12.3. The average Bonchev–Trinajstić information content (AvgIpc) is 3.60. The molecule has 3 aliphatic rings. The van der Waals surface area contributed by atoms with Crippen molar-refractivity contribution in [1.29, 1.82) is 0 Å². The summed E-state index contributed by atoms with van der Waals surface area (Å²) in [5.74, 6) is -1.97. The summed E-state index contributed by atoms with van der Waals surface area (Å²) in [6.45, 7) is 0.687. The highest BCUT2D eigenvalue weighted by Crippen LogP contribution is 2.28. The quantitative estimate of drug-likeness (QED) is 0.282. The second-order valence-electron chi connectivity index (χ2n) is 12.2. The highest BCUT2D eigenvalue weighted by molar-refractivity contribution is 6.43. The Balaban J connectivity index is 1.49. The van der Waals surface area contributed by atoms with Crippen LogP contribution in [0.5, 0.6) is 0 Å². The van der Waals surface area contributed by atoms with Crippen LogP contribution in [0.25, 0.3) is 0 Å². The molecule has 44 heavy (non-hydrogen) atoms. The Hall–Kier alpha value is -2.84. The molecule has 0 spiro atoms. The number of fused-ring (bicyclic) bond motifs is 2. The van der Waals surface area contributed by atoms with E-state index in [2.05, 4.69) is 10.6 Å². The number of halogens is 3. The summed E-state index contributed by atoms with van der Waals surface area (Å²) in [5, 5.41) is 25.6. The number of ether oxygens (including phenoxy) is 1. The van der Waals surface area contributed by atoms with Gasteiger partial charge in [0.2, 0.25) is 11.8 Å². The maximum atomic E-state index is 13.9. The van der Waals surface area contributed by atoms with Crippen LogP contribution in [0.4, 0.5) is 18.0 Å². The van der Waals surface area contributed by atoms with Gasteiger partial charge in [0.1, 0.15) is 12.1 Å². The zero-order valence-electron chi connectivity index (χ0n) is 25.1. The van der Waals surface area contributed by atoms with Crippen LogP contribution < -0.4 is 10.6 Å². The topological polar surface area (TPSA) is 131 Å². The standard InChI is InChI=1S/C30H44BF3N4O6/c32-30(33,34)15-10-16-35-24-13-6-4-2-1-3-5-7-14-26(31(42)43)36-27(39)25-17-23(20-38(25)28(24)40)44-29(41)37-18-21-11-8-9-12-22(21)19-37/h8-9,11-12,23-26,35,42-43H,1-7,10,13-20H2,(H,36,39)/t23-,24+,25+,26+/m1/s1. The van der Waals surface area contributed by atoms with E-state index in [9.17, 15) is 37.6 Å². The van der Waals surface area contributed by atoms with Crippen LogP contribution in [0.3, 0.4) is 0 Å². The van der Waals surface area contributed by atoms with Crippen molar-refractivity contribution in [3.63, 3.8) is 0 Å². The molecule has 0 radical (unpaired) electrons. The van der Waals surface area contributed by atoms with Gasteiger partial charge in [-0.2, -0.15) is 13.2 Å². The fraction of sp³-hybridized carbons (Fsp3) is 0.700.